The number of furan rings is 1. The third-order valence-electron chi connectivity index (χ3n) is 9.23. The van der Waals surface area contributed by atoms with E-state index in [1.165, 1.54) is 21.9 Å². The fraction of sp³-hybridized carbons (Fsp3) is 0. The highest BCUT2D eigenvalue weighted by Gasteiger charge is 2.26. The molecule has 0 unspecified atom stereocenters. The van der Waals surface area contributed by atoms with Crippen molar-refractivity contribution in [2.75, 3.05) is 4.90 Å². The summed E-state index contributed by atoms with van der Waals surface area (Å²) in [4.78, 5) is 17.6. The number of benzene rings is 7. The average Bonchev–Trinajstić information content (AvgIpc) is 3.54. The summed E-state index contributed by atoms with van der Waals surface area (Å²) in [7, 11) is 0. The van der Waals surface area contributed by atoms with E-state index < -0.39 is 0 Å². The molecule has 0 saturated carbocycles. The third-order valence-corrected chi connectivity index (χ3v) is 9.23. The van der Waals surface area contributed by atoms with Crippen LogP contribution in [0.1, 0.15) is 0 Å². The van der Waals surface area contributed by atoms with Crippen molar-refractivity contribution < 1.29 is 4.42 Å². The van der Waals surface area contributed by atoms with Crippen LogP contribution in [0, 0.1) is 0 Å². The van der Waals surface area contributed by atoms with Gasteiger partial charge in [0.2, 0.25) is 0 Å². The molecule has 5 heteroatoms. The molecule has 7 aromatic carbocycles. The molecule has 2 aromatic heterocycles. The van der Waals surface area contributed by atoms with E-state index >= 15 is 0 Å². The first-order valence-corrected chi connectivity index (χ1v) is 16.0. The van der Waals surface area contributed by atoms with Gasteiger partial charge in [-0.25, -0.2) is 15.0 Å². The molecule has 48 heavy (non-hydrogen) atoms. The Balaban J connectivity index is 1.18. The quantitative estimate of drug-likeness (QED) is 0.197. The highest BCUT2D eigenvalue weighted by molar-refractivity contribution is 6.14. The molecule has 0 spiro atoms. The molecule has 224 valence electrons. The molecule has 0 atom stereocenters. The number of fused-ring (bicyclic) bond motifs is 5. The van der Waals surface area contributed by atoms with Crippen LogP contribution >= 0.6 is 0 Å². The Morgan fingerprint density at radius 1 is 0.438 bits per heavy atom. The number of hydrogen-bond donors (Lipinski definition) is 0. The van der Waals surface area contributed by atoms with Crippen molar-refractivity contribution in [1.82, 2.24) is 15.0 Å². The summed E-state index contributed by atoms with van der Waals surface area (Å²) >= 11 is 0. The molecule has 0 amide bonds. The molecule has 1 aliphatic rings. The van der Waals surface area contributed by atoms with E-state index in [1.54, 1.807) is 0 Å². The highest BCUT2D eigenvalue weighted by Crippen LogP contribution is 2.51. The number of aromatic nitrogens is 3. The van der Waals surface area contributed by atoms with Gasteiger partial charge in [0.15, 0.2) is 17.5 Å². The molecule has 10 rings (SSSR count). The Morgan fingerprint density at radius 2 is 1.06 bits per heavy atom. The van der Waals surface area contributed by atoms with Gasteiger partial charge in [0, 0.05) is 38.5 Å². The monoisotopic (exact) mass is 614 g/mol. The first-order valence-electron chi connectivity index (χ1n) is 16.0. The highest BCUT2D eigenvalue weighted by atomic mass is 16.3. The Kier molecular flexibility index (Phi) is 5.81. The summed E-state index contributed by atoms with van der Waals surface area (Å²) in [5.74, 6) is 1.77. The fourth-order valence-corrected chi connectivity index (χ4v) is 7.09. The van der Waals surface area contributed by atoms with Crippen molar-refractivity contribution in [2.45, 2.75) is 0 Å². The number of hydrogen-bond acceptors (Lipinski definition) is 5. The van der Waals surface area contributed by atoms with Gasteiger partial charge in [0.05, 0.1) is 16.9 Å². The Bertz CT molecular complexity index is 2690. The van der Waals surface area contributed by atoms with Crippen LogP contribution in [0.4, 0.5) is 17.1 Å². The lowest BCUT2D eigenvalue weighted by molar-refractivity contribution is 0.669. The maximum atomic E-state index is 6.41. The normalized spacial score (nSPS) is 12.1. The lowest BCUT2D eigenvalue weighted by atomic mass is 9.91. The van der Waals surface area contributed by atoms with Crippen molar-refractivity contribution >= 4 is 49.8 Å². The van der Waals surface area contributed by atoms with Crippen LogP contribution in [-0.4, -0.2) is 15.0 Å². The van der Waals surface area contributed by atoms with Crippen LogP contribution in [0.5, 0.6) is 0 Å². The minimum atomic E-state index is 0.566. The van der Waals surface area contributed by atoms with Crippen molar-refractivity contribution in [3.63, 3.8) is 0 Å². The summed E-state index contributed by atoms with van der Waals surface area (Å²) in [6.07, 6.45) is 0. The van der Waals surface area contributed by atoms with Crippen LogP contribution in [-0.2, 0) is 0 Å². The van der Waals surface area contributed by atoms with Gasteiger partial charge in [-0.3, -0.25) is 0 Å². The van der Waals surface area contributed by atoms with Gasteiger partial charge < -0.3 is 9.32 Å². The zero-order valence-corrected chi connectivity index (χ0v) is 25.7. The van der Waals surface area contributed by atoms with E-state index in [-0.39, 0.29) is 0 Å². The van der Waals surface area contributed by atoms with Gasteiger partial charge in [-0.05, 0) is 47.3 Å². The van der Waals surface area contributed by atoms with E-state index in [4.69, 9.17) is 19.4 Å². The van der Waals surface area contributed by atoms with Crippen molar-refractivity contribution in [3.05, 3.63) is 158 Å². The molecule has 1 aliphatic heterocycles. The second kappa shape index (κ2) is 10.5. The molecule has 0 radical (unpaired) electrons. The van der Waals surface area contributed by atoms with Gasteiger partial charge in [0.1, 0.15) is 11.2 Å². The van der Waals surface area contributed by atoms with Crippen LogP contribution < -0.4 is 4.90 Å². The largest absolute Gasteiger partial charge is 0.455 e. The first kappa shape index (κ1) is 26.6. The Morgan fingerprint density at radius 3 is 1.98 bits per heavy atom. The number of para-hydroxylation sites is 3. The molecule has 5 nitrogen and oxygen atoms in total. The smallest absolute Gasteiger partial charge is 0.167 e. The van der Waals surface area contributed by atoms with Crippen molar-refractivity contribution in [2.24, 2.45) is 0 Å². The summed E-state index contributed by atoms with van der Waals surface area (Å²) in [6, 6.07) is 54.5. The number of rotatable bonds is 4. The first-order chi connectivity index (χ1) is 23.8. The van der Waals surface area contributed by atoms with Gasteiger partial charge >= 0.3 is 0 Å². The summed E-state index contributed by atoms with van der Waals surface area (Å²) in [5.41, 5.74) is 10.0. The molecular formula is C43H26N4O. The second-order valence-electron chi connectivity index (χ2n) is 12.0. The topological polar surface area (TPSA) is 55.1 Å². The van der Waals surface area contributed by atoms with E-state index in [2.05, 4.69) is 102 Å². The zero-order valence-electron chi connectivity index (χ0n) is 25.7. The minimum absolute atomic E-state index is 0.566. The molecule has 0 saturated heterocycles. The molecule has 0 bridgehead atoms. The summed E-state index contributed by atoms with van der Waals surface area (Å²) < 4.78 is 6.41. The van der Waals surface area contributed by atoms with Crippen LogP contribution in [0.3, 0.4) is 0 Å². The standard InChI is InChI=1S/C43H26N4O/c1-2-12-28(13-3-1)41-44-42(46-43(45-41)35-22-11-21-34-32-19-5-7-25-38(32)48-40(34)35)29-16-8-17-30(26-29)47-36-23-6-4-18-31(36)33-20-9-14-27-15-10-24-37(47)39(27)33/h1-26H. The molecule has 0 N–H and O–H groups in total. The van der Waals surface area contributed by atoms with Gasteiger partial charge in [-0.1, -0.05) is 121 Å². The Hall–Kier alpha value is -6.59. The van der Waals surface area contributed by atoms with Crippen LogP contribution in [0.15, 0.2) is 162 Å². The average molecular weight is 615 g/mol. The number of anilines is 3. The zero-order chi connectivity index (χ0) is 31.6. The molecule has 3 heterocycles. The molecular weight excluding hydrogens is 589 g/mol. The van der Waals surface area contributed by atoms with Crippen molar-refractivity contribution in [1.29, 1.82) is 0 Å². The van der Waals surface area contributed by atoms with E-state index in [9.17, 15) is 0 Å². The van der Waals surface area contributed by atoms with E-state index in [0.29, 0.717) is 17.5 Å². The van der Waals surface area contributed by atoms with E-state index in [0.717, 1.165) is 55.7 Å². The van der Waals surface area contributed by atoms with Gasteiger partial charge in [0.25, 0.3) is 0 Å². The fourth-order valence-electron chi connectivity index (χ4n) is 7.09. The maximum Gasteiger partial charge on any atom is 0.167 e. The predicted octanol–water partition coefficient (Wildman–Crippen LogP) is 11.4. The SMILES string of the molecule is c1ccc(-c2nc(-c3cccc(N4c5ccccc5-c5cccc6cccc4c56)c3)nc(-c3cccc4c3oc3ccccc34)n2)cc1. The third kappa shape index (κ3) is 4.08. The molecule has 0 fully saturated rings. The lowest BCUT2D eigenvalue weighted by Crippen LogP contribution is -2.15. The van der Waals surface area contributed by atoms with Gasteiger partial charge in [-0.2, -0.15) is 0 Å². The second-order valence-corrected chi connectivity index (χ2v) is 12.0. The summed E-state index contributed by atoms with van der Waals surface area (Å²) in [5, 5.41) is 4.57. The minimum Gasteiger partial charge on any atom is -0.455 e. The van der Waals surface area contributed by atoms with Crippen molar-refractivity contribution in [3.8, 4) is 45.3 Å². The van der Waals surface area contributed by atoms with Gasteiger partial charge in [-0.15, -0.1) is 0 Å². The summed E-state index contributed by atoms with van der Waals surface area (Å²) in [6.45, 7) is 0. The molecule has 0 aliphatic carbocycles. The maximum absolute atomic E-state index is 6.41. The van der Waals surface area contributed by atoms with Crippen LogP contribution in [0.2, 0.25) is 0 Å². The molecule has 9 aromatic rings. The Labute approximate surface area is 276 Å². The number of nitrogens with zero attached hydrogens (tertiary/aromatic N) is 4. The lowest BCUT2D eigenvalue weighted by Gasteiger charge is -2.33. The van der Waals surface area contributed by atoms with Crippen LogP contribution in [0.25, 0.3) is 78.0 Å². The predicted molar refractivity (Wildman–Crippen MR) is 195 cm³/mol. The van der Waals surface area contributed by atoms with E-state index in [1.807, 2.05) is 60.7 Å².